The fraction of sp³-hybridized carbons (Fsp3) is 0.0455. The van der Waals surface area contributed by atoms with Crippen LogP contribution in [-0.4, -0.2) is 5.78 Å². The van der Waals surface area contributed by atoms with Gasteiger partial charge in [0, 0.05) is 20.0 Å². The summed E-state index contributed by atoms with van der Waals surface area (Å²) in [5.41, 5.74) is 2.79. The van der Waals surface area contributed by atoms with E-state index in [1.54, 1.807) is 0 Å². The monoisotopic (exact) mass is 442 g/mol. The van der Waals surface area contributed by atoms with Crippen molar-refractivity contribution in [3.05, 3.63) is 104 Å². The van der Waals surface area contributed by atoms with Crippen molar-refractivity contribution in [1.82, 2.24) is 0 Å². The van der Waals surface area contributed by atoms with Crippen LogP contribution in [-0.2, 0) is 0 Å². The van der Waals surface area contributed by atoms with Gasteiger partial charge in [0.2, 0.25) is 0 Å². The van der Waals surface area contributed by atoms with Gasteiger partial charge in [-0.05, 0) is 67.1 Å². The maximum absolute atomic E-state index is 13.1. The fourth-order valence-corrected chi connectivity index (χ4v) is 3.65. The summed E-state index contributed by atoms with van der Waals surface area (Å²) in [5.74, 6) is -0.00183. The second-order valence-electron chi connectivity index (χ2n) is 5.81. The molecule has 3 rings (SSSR count). The van der Waals surface area contributed by atoms with Gasteiger partial charge in [-0.2, -0.15) is 0 Å². The minimum atomic E-state index is -0.00183. The van der Waals surface area contributed by atoms with Crippen LogP contribution in [0.3, 0.4) is 0 Å². The molecule has 0 fully saturated rings. The molecule has 0 amide bonds. The molecule has 3 aromatic rings. The molecule has 3 aromatic carbocycles. The molecular formula is C22H16BrClOS. The van der Waals surface area contributed by atoms with Crippen LogP contribution >= 0.6 is 39.3 Å². The molecule has 0 aromatic heterocycles. The maximum Gasteiger partial charge on any atom is 0.199 e. The lowest BCUT2D eigenvalue weighted by Gasteiger charge is -2.08. The number of halogens is 2. The Balaban J connectivity index is 1.97. The first-order chi connectivity index (χ1) is 12.5. The SMILES string of the molecule is Cc1ccc(S/C(=C/c2ccc(Cl)cc2)C(=O)c2ccc(Br)cc2)cc1. The van der Waals surface area contributed by atoms with E-state index in [0.29, 0.717) is 15.5 Å². The molecule has 4 heteroatoms. The minimum absolute atomic E-state index is 0.00183. The Morgan fingerprint density at radius 3 is 2.15 bits per heavy atom. The number of Topliss-reactive ketones (excluding diaryl/α,β-unsaturated/α-hetero) is 1. The third-order valence-electron chi connectivity index (χ3n) is 3.75. The average molecular weight is 444 g/mol. The molecule has 0 saturated heterocycles. The van der Waals surface area contributed by atoms with Crippen LogP contribution in [0.25, 0.3) is 6.08 Å². The number of ketones is 1. The van der Waals surface area contributed by atoms with Crippen LogP contribution in [0, 0.1) is 6.92 Å². The average Bonchev–Trinajstić information content (AvgIpc) is 2.65. The Kier molecular flexibility index (Phi) is 6.36. The van der Waals surface area contributed by atoms with Gasteiger partial charge >= 0.3 is 0 Å². The number of hydrogen-bond acceptors (Lipinski definition) is 2. The van der Waals surface area contributed by atoms with Crippen LogP contribution in [0.1, 0.15) is 21.5 Å². The molecule has 0 atom stereocenters. The van der Waals surface area contributed by atoms with Gasteiger partial charge in [0.25, 0.3) is 0 Å². The van der Waals surface area contributed by atoms with Crippen LogP contribution in [0.2, 0.25) is 5.02 Å². The van der Waals surface area contributed by atoms with Crippen molar-refractivity contribution in [1.29, 1.82) is 0 Å². The van der Waals surface area contributed by atoms with Gasteiger partial charge in [0.1, 0.15) is 0 Å². The normalized spacial score (nSPS) is 11.4. The highest BCUT2D eigenvalue weighted by molar-refractivity contribution is 9.10. The third-order valence-corrected chi connectivity index (χ3v) is 5.56. The molecule has 0 spiro atoms. The number of carbonyl (C=O) groups is 1. The molecule has 0 radical (unpaired) electrons. The largest absolute Gasteiger partial charge is 0.288 e. The molecule has 0 bridgehead atoms. The van der Waals surface area contributed by atoms with Crippen molar-refractivity contribution in [2.24, 2.45) is 0 Å². The van der Waals surface area contributed by atoms with Crippen LogP contribution < -0.4 is 0 Å². The predicted octanol–water partition coefficient (Wildman–Crippen LogP) is 7.43. The molecule has 0 aliphatic rings. The lowest BCUT2D eigenvalue weighted by molar-refractivity contribution is 0.104. The van der Waals surface area contributed by atoms with Gasteiger partial charge in [-0.1, -0.05) is 69.1 Å². The Bertz CT molecular complexity index is 929. The predicted molar refractivity (Wildman–Crippen MR) is 115 cm³/mol. The van der Waals surface area contributed by atoms with E-state index in [1.807, 2.05) is 85.8 Å². The summed E-state index contributed by atoms with van der Waals surface area (Å²) < 4.78 is 0.948. The van der Waals surface area contributed by atoms with E-state index >= 15 is 0 Å². The summed E-state index contributed by atoms with van der Waals surface area (Å²) in [6.45, 7) is 2.05. The molecule has 0 aliphatic heterocycles. The summed E-state index contributed by atoms with van der Waals surface area (Å²) in [6, 6.07) is 23.0. The Hall–Kier alpha value is -1.81. The van der Waals surface area contributed by atoms with Crippen LogP contribution in [0.4, 0.5) is 0 Å². The van der Waals surface area contributed by atoms with E-state index in [9.17, 15) is 4.79 Å². The lowest BCUT2D eigenvalue weighted by atomic mass is 10.1. The van der Waals surface area contributed by atoms with Gasteiger partial charge in [-0.25, -0.2) is 0 Å². The Morgan fingerprint density at radius 2 is 1.54 bits per heavy atom. The minimum Gasteiger partial charge on any atom is -0.288 e. The van der Waals surface area contributed by atoms with Gasteiger partial charge < -0.3 is 0 Å². The van der Waals surface area contributed by atoms with Crippen molar-refractivity contribution >= 4 is 51.2 Å². The molecule has 0 N–H and O–H groups in total. The van der Waals surface area contributed by atoms with Crippen molar-refractivity contribution in [2.45, 2.75) is 11.8 Å². The number of aryl methyl sites for hydroxylation is 1. The first-order valence-corrected chi connectivity index (χ1v) is 10.0. The zero-order chi connectivity index (χ0) is 18.5. The number of carbonyl (C=O) groups excluding carboxylic acids is 1. The summed E-state index contributed by atoms with van der Waals surface area (Å²) in [5, 5.41) is 0.675. The van der Waals surface area contributed by atoms with Gasteiger partial charge in [-0.15, -0.1) is 0 Å². The molecule has 0 heterocycles. The van der Waals surface area contributed by atoms with Gasteiger partial charge in [0.05, 0.1) is 4.91 Å². The zero-order valence-corrected chi connectivity index (χ0v) is 17.2. The molecule has 0 aliphatic carbocycles. The van der Waals surface area contributed by atoms with E-state index < -0.39 is 0 Å². The summed E-state index contributed by atoms with van der Waals surface area (Å²) in [7, 11) is 0. The number of allylic oxidation sites excluding steroid dienone is 1. The topological polar surface area (TPSA) is 17.1 Å². The van der Waals surface area contributed by atoms with E-state index in [4.69, 9.17) is 11.6 Å². The number of benzene rings is 3. The quantitative estimate of drug-likeness (QED) is 0.232. The van der Waals surface area contributed by atoms with Crippen molar-refractivity contribution < 1.29 is 4.79 Å². The van der Waals surface area contributed by atoms with E-state index in [-0.39, 0.29) is 5.78 Å². The molecular weight excluding hydrogens is 428 g/mol. The standard InChI is InChI=1S/C22H16BrClOS/c1-15-2-12-20(13-3-15)26-21(14-16-4-10-19(24)11-5-16)22(25)17-6-8-18(23)9-7-17/h2-14H,1H3/b21-14+. The van der Waals surface area contributed by atoms with Crippen LogP contribution in [0.15, 0.2) is 87.1 Å². The van der Waals surface area contributed by atoms with Crippen molar-refractivity contribution in [3.8, 4) is 0 Å². The Labute approximate surface area is 171 Å². The highest BCUT2D eigenvalue weighted by Crippen LogP contribution is 2.31. The van der Waals surface area contributed by atoms with Gasteiger partial charge in [0.15, 0.2) is 5.78 Å². The first kappa shape index (κ1) is 19.0. The zero-order valence-electron chi connectivity index (χ0n) is 14.1. The van der Waals surface area contributed by atoms with E-state index in [1.165, 1.54) is 17.3 Å². The van der Waals surface area contributed by atoms with Crippen molar-refractivity contribution in [3.63, 3.8) is 0 Å². The van der Waals surface area contributed by atoms with Gasteiger partial charge in [-0.3, -0.25) is 4.79 Å². The maximum atomic E-state index is 13.1. The molecule has 130 valence electrons. The number of rotatable bonds is 5. The molecule has 0 unspecified atom stereocenters. The smallest absolute Gasteiger partial charge is 0.199 e. The van der Waals surface area contributed by atoms with Crippen molar-refractivity contribution in [2.75, 3.05) is 0 Å². The second kappa shape index (κ2) is 8.72. The van der Waals surface area contributed by atoms with E-state index in [0.717, 1.165) is 14.9 Å². The lowest BCUT2D eigenvalue weighted by Crippen LogP contribution is -2.01. The molecule has 26 heavy (non-hydrogen) atoms. The van der Waals surface area contributed by atoms with Crippen LogP contribution in [0.5, 0.6) is 0 Å². The first-order valence-electron chi connectivity index (χ1n) is 8.03. The van der Waals surface area contributed by atoms with E-state index in [2.05, 4.69) is 15.9 Å². The highest BCUT2D eigenvalue weighted by Gasteiger charge is 2.14. The summed E-state index contributed by atoms with van der Waals surface area (Å²) >= 11 is 10.8. The Morgan fingerprint density at radius 1 is 0.923 bits per heavy atom. The molecule has 0 saturated carbocycles. The second-order valence-corrected chi connectivity index (χ2v) is 8.28. The summed E-state index contributed by atoms with van der Waals surface area (Å²) in [4.78, 5) is 14.8. The fourth-order valence-electron chi connectivity index (χ4n) is 2.33. The third kappa shape index (κ3) is 5.10. The highest BCUT2D eigenvalue weighted by atomic mass is 79.9. The number of hydrogen-bond donors (Lipinski definition) is 0. The molecule has 1 nitrogen and oxygen atoms in total. The number of thioether (sulfide) groups is 1. The summed E-state index contributed by atoms with van der Waals surface area (Å²) in [6.07, 6.45) is 1.91.